The summed E-state index contributed by atoms with van der Waals surface area (Å²) in [5, 5.41) is 4.31. The molecule has 252 valence electrons. The molecular weight excluding hydrogens is 596 g/mol. The summed E-state index contributed by atoms with van der Waals surface area (Å²) in [6.45, 7) is 9.01. The Morgan fingerprint density at radius 3 is 1.24 bits per heavy atom. The first-order valence-corrected chi connectivity index (χ1v) is 17.7. The molecule has 0 radical (unpaired) electrons. The predicted molar refractivity (Wildman–Crippen MR) is 169 cm³/mol. The standard InChI is InChI=1S/2C17H25NO2.H2O4S/c2*1-2-18-13-14-20-16(19)17(11-7-4-8-12-17)15-9-5-3-6-10-15;1-5(2,3)4/h2*3,5-6,9-10,18H,2,4,7-8,11-14H2,1H3;(H2,1,2,3,4). The molecule has 2 aromatic carbocycles. The first-order chi connectivity index (χ1) is 21.6. The average molecular weight is 649 g/mol. The van der Waals surface area contributed by atoms with E-state index >= 15 is 0 Å². The number of hydrogen-bond donors (Lipinski definition) is 2. The van der Waals surface area contributed by atoms with Gasteiger partial charge in [0.05, 0.1) is 23.9 Å². The highest BCUT2D eigenvalue weighted by Gasteiger charge is 2.43. The van der Waals surface area contributed by atoms with Crippen LogP contribution in [0.25, 0.3) is 0 Å². The van der Waals surface area contributed by atoms with E-state index in [0.717, 1.165) is 88.7 Å². The Bertz CT molecular complexity index is 1120. The number of carbonyl (C=O) groups is 2. The highest BCUT2D eigenvalue weighted by molar-refractivity contribution is 7.79. The van der Waals surface area contributed by atoms with Crippen molar-refractivity contribution in [1.82, 2.24) is 0 Å². The van der Waals surface area contributed by atoms with Crippen LogP contribution in [0.3, 0.4) is 0 Å². The predicted octanol–water partition coefficient (Wildman–Crippen LogP) is 2.69. The van der Waals surface area contributed by atoms with Gasteiger partial charge in [-0.3, -0.25) is 18.0 Å². The van der Waals surface area contributed by atoms with E-state index in [1.165, 1.54) is 12.8 Å². The molecule has 0 saturated heterocycles. The third-order valence-electron chi connectivity index (χ3n) is 8.54. The van der Waals surface area contributed by atoms with Crippen LogP contribution < -0.4 is 10.6 Å². The SMILES string of the molecule is CC[NH2+]CCOC(=O)C1(c2ccccc2)CCCCC1.CC[NH2+]CCOC(=O)C1(c2ccccc2)CCCCC1.O=S(=O)([O-])[O-]. The van der Waals surface area contributed by atoms with Crippen molar-refractivity contribution in [1.29, 1.82) is 0 Å². The molecule has 0 atom stereocenters. The lowest BCUT2D eigenvalue weighted by Crippen LogP contribution is -2.84. The lowest BCUT2D eigenvalue weighted by Gasteiger charge is -2.35. The zero-order chi connectivity index (χ0) is 33.0. The topological polar surface area (TPSA) is 166 Å². The van der Waals surface area contributed by atoms with Crippen LogP contribution in [0, 0.1) is 0 Å². The van der Waals surface area contributed by atoms with Crippen molar-refractivity contribution < 1.29 is 47.2 Å². The summed E-state index contributed by atoms with van der Waals surface area (Å²) in [7, 11) is -5.17. The summed E-state index contributed by atoms with van der Waals surface area (Å²) in [6.07, 6.45) is 10.6. The number of quaternary nitrogens is 2. The molecule has 45 heavy (non-hydrogen) atoms. The lowest BCUT2D eigenvalue weighted by atomic mass is 9.69. The van der Waals surface area contributed by atoms with E-state index in [1.54, 1.807) is 0 Å². The largest absolute Gasteiger partial charge is 0.759 e. The maximum absolute atomic E-state index is 12.6. The minimum atomic E-state index is -5.17. The molecule has 2 aromatic rings. The molecule has 0 spiro atoms. The molecule has 2 fully saturated rings. The summed E-state index contributed by atoms with van der Waals surface area (Å²) in [4.78, 5) is 25.3. The fourth-order valence-electron chi connectivity index (χ4n) is 6.20. The number of carbonyl (C=O) groups excluding carboxylic acids is 2. The van der Waals surface area contributed by atoms with E-state index in [9.17, 15) is 9.59 Å². The smallest absolute Gasteiger partial charge is 0.316 e. The van der Waals surface area contributed by atoms with Crippen molar-refractivity contribution in [2.45, 2.75) is 88.9 Å². The fraction of sp³-hybridized carbons (Fsp3) is 0.588. The van der Waals surface area contributed by atoms with Crippen LogP contribution in [0.4, 0.5) is 0 Å². The first kappa shape index (κ1) is 38.4. The van der Waals surface area contributed by atoms with Gasteiger partial charge in [0.1, 0.15) is 26.3 Å². The van der Waals surface area contributed by atoms with Crippen molar-refractivity contribution in [3.8, 4) is 0 Å². The number of nitrogens with two attached hydrogens (primary N) is 2. The molecule has 2 aliphatic rings. The van der Waals surface area contributed by atoms with Crippen molar-refractivity contribution in [3.63, 3.8) is 0 Å². The van der Waals surface area contributed by atoms with Gasteiger partial charge in [0.2, 0.25) is 0 Å². The van der Waals surface area contributed by atoms with Gasteiger partial charge in [-0.1, -0.05) is 99.2 Å². The van der Waals surface area contributed by atoms with Crippen molar-refractivity contribution >= 4 is 22.3 Å². The fourth-order valence-corrected chi connectivity index (χ4v) is 6.20. The first-order valence-electron chi connectivity index (χ1n) is 16.3. The molecule has 4 N–H and O–H groups in total. The Labute approximate surface area is 269 Å². The Kier molecular flexibility index (Phi) is 17.3. The quantitative estimate of drug-likeness (QED) is 0.153. The second-order valence-corrected chi connectivity index (χ2v) is 12.5. The van der Waals surface area contributed by atoms with E-state index in [-0.39, 0.29) is 11.9 Å². The Hall–Kier alpha value is -2.83. The number of likely N-dealkylation sites (N-methyl/N-ethyl adjacent to an activating group) is 2. The number of benzene rings is 2. The molecule has 0 amide bonds. The molecule has 2 saturated carbocycles. The van der Waals surface area contributed by atoms with Crippen molar-refractivity contribution in [3.05, 3.63) is 71.8 Å². The van der Waals surface area contributed by atoms with Gasteiger partial charge in [-0.25, -0.2) is 0 Å². The Balaban J connectivity index is 0.000000273. The summed E-state index contributed by atoms with van der Waals surface area (Å²) in [5.74, 6) is -0.0409. The van der Waals surface area contributed by atoms with Gasteiger partial charge >= 0.3 is 11.9 Å². The zero-order valence-corrected chi connectivity index (χ0v) is 27.7. The number of rotatable bonds is 12. The molecule has 0 aliphatic heterocycles. The minimum absolute atomic E-state index is 0.0205. The molecule has 4 rings (SSSR count). The van der Waals surface area contributed by atoms with E-state index in [1.807, 2.05) is 36.4 Å². The van der Waals surface area contributed by atoms with Crippen LogP contribution in [0.1, 0.15) is 89.2 Å². The Morgan fingerprint density at radius 2 is 0.956 bits per heavy atom. The monoisotopic (exact) mass is 648 g/mol. The molecule has 10 nitrogen and oxygen atoms in total. The maximum Gasteiger partial charge on any atom is 0.316 e. The van der Waals surface area contributed by atoms with Gasteiger partial charge in [0, 0.05) is 10.4 Å². The lowest BCUT2D eigenvalue weighted by molar-refractivity contribution is -0.652. The normalized spacial score (nSPS) is 17.0. The Morgan fingerprint density at radius 1 is 0.644 bits per heavy atom. The summed E-state index contributed by atoms with van der Waals surface area (Å²) < 4.78 is 45.2. The average Bonchev–Trinajstić information content (AvgIpc) is 3.06. The summed E-state index contributed by atoms with van der Waals surface area (Å²) >= 11 is 0. The van der Waals surface area contributed by atoms with E-state index < -0.39 is 21.2 Å². The van der Waals surface area contributed by atoms with Gasteiger partial charge in [0.25, 0.3) is 0 Å². The third-order valence-corrected chi connectivity index (χ3v) is 8.54. The molecule has 0 aromatic heterocycles. The van der Waals surface area contributed by atoms with Crippen LogP contribution in [0.2, 0.25) is 0 Å². The van der Waals surface area contributed by atoms with Gasteiger partial charge in [-0.05, 0) is 50.7 Å². The minimum Gasteiger partial charge on any atom is -0.759 e. The molecule has 0 heterocycles. The summed E-state index contributed by atoms with van der Waals surface area (Å²) in [6, 6.07) is 20.4. The van der Waals surface area contributed by atoms with Crippen LogP contribution >= 0.6 is 0 Å². The van der Waals surface area contributed by atoms with Gasteiger partial charge in [-0.2, -0.15) is 0 Å². The van der Waals surface area contributed by atoms with Crippen molar-refractivity contribution in [2.75, 3.05) is 39.4 Å². The summed E-state index contributed by atoms with van der Waals surface area (Å²) in [5.41, 5.74) is 1.46. The van der Waals surface area contributed by atoms with E-state index in [4.69, 9.17) is 27.0 Å². The third kappa shape index (κ3) is 13.2. The second kappa shape index (κ2) is 20.3. The highest BCUT2D eigenvalue weighted by atomic mass is 32.3. The van der Waals surface area contributed by atoms with Crippen LogP contribution in [0.5, 0.6) is 0 Å². The van der Waals surface area contributed by atoms with Gasteiger partial charge in [-0.15, -0.1) is 0 Å². The number of esters is 2. The number of ether oxygens (including phenoxy) is 2. The second-order valence-electron chi connectivity index (χ2n) is 11.7. The van der Waals surface area contributed by atoms with E-state index in [0.29, 0.717) is 13.2 Å². The van der Waals surface area contributed by atoms with Crippen LogP contribution in [-0.2, 0) is 40.3 Å². The zero-order valence-electron chi connectivity index (χ0n) is 26.9. The molecule has 2 aliphatic carbocycles. The maximum atomic E-state index is 12.6. The van der Waals surface area contributed by atoms with Crippen LogP contribution in [0.15, 0.2) is 60.7 Å². The van der Waals surface area contributed by atoms with Crippen molar-refractivity contribution in [2.24, 2.45) is 0 Å². The number of hydrogen-bond acceptors (Lipinski definition) is 8. The highest BCUT2D eigenvalue weighted by Crippen LogP contribution is 2.41. The van der Waals surface area contributed by atoms with Crippen LogP contribution in [-0.4, -0.2) is 68.9 Å². The van der Waals surface area contributed by atoms with Gasteiger partial charge in [0.15, 0.2) is 0 Å². The van der Waals surface area contributed by atoms with Gasteiger partial charge < -0.3 is 29.2 Å². The molecule has 0 bridgehead atoms. The molecule has 11 heteroatoms. The van der Waals surface area contributed by atoms with E-state index in [2.05, 4.69) is 48.7 Å². The molecule has 0 unspecified atom stereocenters. The molecular formula is C34H52N2O8S.